The second-order valence-corrected chi connectivity index (χ2v) is 6.16. The van der Waals surface area contributed by atoms with Crippen LogP contribution in [-0.2, 0) is 19.1 Å². The standard InChI is InChI=1S/C18H21N3O4/c1-11(21-17(23)14-4-2-3-5-14)18(24)25-15(16(20)22)13-8-6-12(10-19)7-9-13/h6-9,11,14-15H,2-5H2,1H3,(H2,20,22)(H,21,23). The van der Waals surface area contributed by atoms with E-state index in [1.54, 1.807) is 0 Å². The van der Waals surface area contributed by atoms with Crippen molar-refractivity contribution >= 4 is 17.8 Å². The number of esters is 1. The number of carbonyl (C=O) groups excluding carboxylic acids is 3. The van der Waals surface area contributed by atoms with Crippen LogP contribution in [0.4, 0.5) is 0 Å². The van der Waals surface area contributed by atoms with E-state index in [9.17, 15) is 14.4 Å². The van der Waals surface area contributed by atoms with Crippen LogP contribution in [0.5, 0.6) is 0 Å². The van der Waals surface area contributed by atoms with Crippen LogP contribution < -0.4 is 11.1 Å². The molecule has 2 amide bonds. The largest absolute Gasteiger partial charge is 0.446 e. The van der Waals surface area contributed by atoms with Gasteiger partial charge in [-0.15, -0.1) is 0 Å². The van der Waals surface area contributed by atoms with E-state index in [1.807, 2.05) is 6.07 Å². The van der Waals surface area contributed by atoms with Crippen molar-refractivity contribution in [2.75, 3.05) is 0 Å². The molecule has 0 bridgehead atoms. The van der Waals surface area contributed by atoms with Gasteiger partial charge in [0.25, 0.3) is 5.91 Å². The average Bonchev–Trinajstić information content (AvgIpc) is 3.14. The van der Waals surface area contributed by atoms with Gasteiger partial charge in [0.05, 0.1) is 11.6 Å². The van der Waals surface area contributed by atoms with E-state index >= 15 is 0 Å². The molecule has 1 aliphatic carbocycles. The van der Waals surface area contributed by atoms with Crippen molar-refractivity contribution in [1.82, 2.24) is 5.32 Å². The topological polar surface area (TPSA) is 122 Å². The fourth-order valence-corrected chi connectivity index (χ4v) is 2.82. The third-order valence-electron chi connectivity index (χ3n) is 4.27. The first-order valence-corrected chi connectivity index (χ1v) is 8.22. The summed E-state index contributed by atoms with van der Waals surface area (Å²) in [4.78, 5) is 35.9. The highest BCUT2D eigenvalue weighted by Gasteiger charge is 2.29. The molecule has 0 radical (unpaired) electrons. The number of hydrogen-bond acceptors (Lipinski definition) is 5. The molecule has 132 valence electrons. The Bertz CT molecular complexity index is 687. The number of nitrogens with one attached hydrogen (secondary N) is 1. The molecule has 25 heavy (non-hydrogen) atoms. The van der Waals surface area contributed by atoms with Gasteiger partial charge in [0.15, 0.2) is 0 Å². The van der Waals surface area contributed by atoms with Gasteiger partial charge in [-0.3, -0.25) is 9.59 Å². The van der Waals surface area contributed by atoms with Crippen molar-refractivity contribution in [3.63, 3.8) is 0 Å². The first-order valence-electron chi connectivity index (χ1n) is 8.22. The molecule has 2 atom stereocenters. The number of nitrogens with two attached hydrogens (primary N) is 1. The van der Waals surface area contributed by atoms with Gasteiger partial charge in [-0.05, 0) is 31.9 Å². The number of hydrogen-bond donors (Lipinski definition) is 2. The molecule has 3 N–H and O–H groups in total. The quantitative estimate of drug-likeness (QED) is 0.754. The Labute approximate surface area is 146 Å². The zero-order valence-corrected chi connectivity index (χ0v) is 14.0. The summed E-state index contributed by atoms with van der Waals surface area (Å²) in [5.41, 5.74) is 6.10. The molecule has 0 spiro atoms. The van der Waals surface area contributed by atoms with Crippen LogP contribution >= 0.6 is 0 Å². The van der Waals surface area contributed by atoms with Gasteiger partial charge in [0.1, 0.15) is 6.04 Å². The van der Waals surface area contributed by atoms with Gasteiger partial charge in [-0.25, -0.2) is 4.79 Å². The number of carbonyl (C=O) groups is 3. The van der Waals surface area contributed by atoms with Crippen LogP contribution in [-0.4, -0.2) is 23.8 Å². The lowest BCUT2D eigenvalue weighted by molar-refractivity contribution is -0.158. The van der Waals surface area contributed by atoms with Gasteiger partial charge < -0.3 is 15.8 Å². The smallest absolute Gasteiger partial charge is 0.329 e. The predicted molar refractivity (Wildman–Crippen MR) is 88.7 cm³/mol. The van der Waals surface area contributed by atoms with Crippen molar-refractivity contribution < 1.29 is 19.1 Å². The highest BCUT2D eigenvalue weighted by molar-refractivity contribution is 5.88. The molecule has 0 heterocycles. The van der Waals surface area contributed by atoms with Crippen LogP contribution in [0.1, 0.15) is 49.8 Å². The number of primary amides is 1. The summed E-state index contributed by atoms with van der Waals surface area (Å²) in [5.74, 6) is -1.80. The number of rotatable bonds is 6. The van der Waals surface area contributed by atoms with E-state index in [0.717, 1.165) is 25.7 Å². The fourth-order valence-electron chi connectivity index (χ4n) is 2.82. The number of amides is 2. The molecule has 1 saturated carbocycles. The maximum absolute atomic E-state index is 12.2. The van der Waals surface area contributed by atoms with E-state index in [2.05, 4.69) is 5.32 Å². The summed E-state index contributed by atoms with van der Waals surface area (Å²) >= 11 is 0. The van der Waals surface area contributed by atoms with E-state index in [-0.39, 0.29) is 11.8 Å². The lowest BCUT2D eigenvalue weighted by Gasteiger charge is -2.20. The second kappa shape index (κ2) is 8.29. The molecule has 2 rings (SSSR count). The van der Waals surface area contributed by atoms with Crippen LogP contribution in [0.3, 0.4) is 0 Å². The molecule has 1 fully saturated rings. The summed E-state index contributed by atoms with van der Waals surface area (Å²) in [6.45, 7) is 1.51. The summed E-state index contributed by atoms with van der Waals surface area (Å²) in [6, 6.07) is 7.09. The van der Waals surface area contributed by atoms with Crippen molar-refractivity contribution in [2.24, 2.45) is 11.7 Å². The zero-order chi connectivity index (χ0) is 18.4. The Kier molecular flexibility index (Phi) is 6.12. The molecular formula is C18H21N3O4. The van der Waals surface area contributed by atoms with E-state index in [0.29, 0.717) is 11.1 Å². The molecule has 0 aliphatic heterocycles. The first-order chi connectivity index (χ1) is 11.9. The van der Waals surface area contributed by atoms with Crippen LogP contribution in [0.2, 0.25) is 0 Å². The minimum Gasteiger partial charge on any atom is -0.446 e. The number of nitrogens with zero attached hydrogens (tertiary/aromatic N) is 1. The summed E-state index contributed by atoms with van der Waals surface area (Å²) < 4.78 is 5.19. The maximum Gasteiger partial charge on any atom is 0.329 e. The molecule has 1 aromatic carbocycles. The first kappa shape index (κ1) is 18.5. The monoisotopic (exact) mass is 343 g/mol. The molecule has 0 aromatic heterocycles. The summed E-state index contributed by atoms with van der Waals surface area (Å²) in [6.07, 6.45) is 2.40. The normalized spacial score (nSPS) is 16.5. The predicted octanol–water partition coefficient (Wildman–Crippen LogP) is 1.32. The minimum absolute atomic E-state index is 0.0688. The second-order valence-electron chi connectivity index (χ2n) is 6.16. The van der Waals surface area contributed by atoms with Crippen molar-refractivity contribution in [2.45, 2.75) is 44.8 Å². The number of ether oxygens (including phenoxy) is 1. The molecule has 7 nitrogen and oxygen atoms in total. The minimum atomic E-state index is -1.27. The summed E-state index contributed by atoms with van der Waals surface area (Å²) in [5, 5.41) is 11.4. The Morgan fingerprint density at radius 3 is 2.36 bits per heavy atom. The van der Waals surface area contributed by atoms with Crippen LogP contribution in [0, 0.1) is 17.2 Å². The van der Waals surface area contributed by atoms with Gasteiger partial charge >= 0.3 is 5.97 Å². The molecule has 1 aromatic rings. The third-order valence-corrected chi connectivity index (χ3v) is 4.27. The maximum atomic E-state index is 12.2. The van der Waals surface area contributed by atoms with Crippen molar-refractivity contribution in [3.05, 3.63) is 35.4 Å². The van der Waals surface area contributed by atoms with Crippen molar-refractivity contribution in [1.29, 1.82) is 5.26 Å². The lowest BCUT2D eigenvalue weighted by atomic mass is 10.1. The fraction of sp³-hybridized carbons (Fsp3) is 0.444. The number of nitriles is 1. The molecule has 0 saturated heterocycles. The lowest BCUT2D eigenvalue weighted by Crippen LogP contribution is -2.43. The van der Waals surface area contributed by atoms with Gasteiger partial charge in [0.2, 0.25) is 12.0 Å². The van der Waals surface area contributed by atoms with Crippen LogP contribution in [0.15, 0.2) is 24.3 Å². The third kappa shape index (κ3) is 4.80. The van der Waals surface area contributed by atoms with E-state index < -0.39 is 24.0 Å². The Hall–Kier alpha value is -2.88. The Morgan fingerprint density at radius 1 is 1.24 bits per heavy atom. The molecule has 7 heteroatoms. The Balaban J connectivity index is 2.00. The van der Waals surface area contributed by atoms with Gasteiger partial charge in [-0.1, -0.05) is 25.0 Å². The molecule has 1 aliphatic rings. The number of benzene rings is 1. The van der Waals surface area contributed by atoms with Crippen molar-refractivity contribution in [3.8, 4) is 6.07 Å². The molecular weight excluding hydrogens is 322 g/mol. The average molecular weight is 343 g/mol. The van der Waals surface area contributed by atoms with Gasteiger partial charge in [-0.2, -0.15) is 5.26 Å². The Morgan fingerprint density at radius 2 is 1.84 bits per heavy atom. The SMILES string of the molecule is CC(NC(=O)C1CCCC1)C(=O)OC(C(N)=O)c1ccc(C#N)cc1. The van der Waals surface area contributed by atoms with Gasteiger partial charge in [0, 0.05) is 11.5 Å². The van der Waals surface area contributed by atoms with E-state index in [1.165, 1.54) is 31.2 Å². The summed E-state index contributed by atoms with van der Waals surface area (Å²) in [7, 11) is 0. The highest BCUT2D eigenvalue weighted by atomic mass is 16.5. The highest BCUT2D eigenvalue weighted by Crippen LogP contribution is 2.25. The van der Waals surface area contributed by atoms with E-state index in [4.69, 9.17) is 15.7 Å². The zero-order valence-electron chi connectivity index (χ0n) is 14.0. The molecule has 2 unspecified atom stereocenters. The van der Waals surface area contributed by atoms with Crippen LogP contribution in [0.25, 0.3) is 0 Å².